The molecule has 0 bridgehead atoms. The SMILES string of the molecule is CCOc1ccc(CC(=O)N2CCN(Cc3noc4ccccc34)CC2)cc1OCC. The maximum absolute atomic E-state index is 12.9. The molecule has 2 heterocycles. The van der Waals surface area contributed by atoms with Gasteiger partial charge in [0.1, 0.15) is 5.69 Å². The zero-order chi connectivity index (χ0) is 21.6. The molecular weight excluding hydrogens is 394 g/mol. The number of para-hydroxylation sites is 1. The van der Waals surface area contributed by atoms with Crippen LogP contribution in [0.15, 0.2) is 47.0 Å². The number of fused-ring (bicyclic) bond motifs is 1. The smallest absolute Gasteiger partial charge is 0.227 e. The van der Waals surface area contributed by atoms with E-state index in [2.05, 4.69) is 10.1 Å². The quantitative estimate of drug-likeness (QED) is 0.552. The van der Waals surface area contributed by atoms with E-state index in [4.69, 9.17) is 14.0 Å². The number of hydrogen-bond acceptors (Lipinski definition) is 6. The van der Waals surface area contributed by atoms with E-state index < -0.39 is 0 Å². The number of nitrogens with zero attached hydrogens (tertiary/aromatic N) is 3. The van der Waals surface area contributed by atoms with Crippen molar-refractivity contribution in [1.82, 2.24) is 15.0 Å². The highest BCUT2D eigenvalue weighted by atomic mass is 16.5. The Morgan fingerprint density at radius 1 is 1.00 bits per heavy atom. The van der Waals surface area contributed by atoms with Crippen molar-refractivity contribution in [2.24, 2.45) is 0 Å². The zero-order valence-electron chi connectivity index (χ0n) is 18.2. The van der Waals surface area contributed by atoms with E-state index in [1.54, 1.807) is 0 Å². The molecule has 0 radical (unpaired) electrons. The minimum Gasteiger partial charge on any atom is -0.490 e. The summed E-state index contributed by atoms with van der Waals surface area (Å²) in [4.78, 5) is 17.1. The molecule has 1 aliphatic heterocycles. The van der Waals surface area contributed by atoms with Crippen LogP contribution >= 0.6 is 0 Å². The fraction of sp³-hybridized carbons (Fsp3) is 0.417. The molecule has 0 aliphatic carbocycles. The number of carbonyl (C=O) groups excluding carboxylic acids is 1. The lowest BCUT2D eigenvalue weighted by Gasteiger charge is -2.34. The number of amides is 1. The molecule has 0 unspecified atom stereocenters. The molecular formula is C24H29N3O4. The second kappa shape index (κ2) is 9.83. The Bertz CT molecular complexity index is 1020. The van der Waals surface area contributed by atoms with Crippen LogP contribution < -0.4 is 9.47 Å². The summed E-state index contributed by atoms with van der Waals surface area (Å²) in [5.41, 5.74) is 2.70. The summed E-state index contributed by atoms with van der Waals surface area (Å²) in [6, 6.07) is 13.7. The van der Waals surface area contributed by atoms with Gasteiger partial charge in [-0.2, -0.15) is 0 Å². The lowest BCUT2D eigenvalue weighted by molar-refractivity contribution is -0.132. The van der Waals surface area contributed by atoms with Crippen LogP contribution in [0.3, 0.4) is 0 Å². The molecule has 1 aromatic heterocycles. The first kappa shape index (κ1) is 21.2. The molecule has 7 heteroatoms. The lowest BCUT2D eigenvalue weighted by atomic mass is 10.1. The van der Waals surface area contributed by atoms with Crippen LogP contribution in [0.2, 0.25) is 0 Å². The van der Waals surface area contributed by atoms with Crippen molar-refractivity contribution in [2.45, 2.75) is 26.8 Å². The maximum Gasteiger partial charge on any atom is 0.227 e. The van der Waals surface area contributed by atoms with Crippen molar-refractivity contribution in [3.63, 3.8) is 0 Å². The van der Waals surface area contributed by atoms with Crippen LogP contribution in [-0.4, -0.2) is 60.3 Å². The van der Waals surface area contributed by atoms with Crippen LogP contribution in [0, 0.1) is 0 Å². The van der Waals surface area contributed by atoms with E-state index in [-0.39, 0.29) is 5.91 Å². The number of benzene rings is 2. The number of hydrogen-bond donors (Lipinski definition) is 0. The van der Waals surface area contributed by atoms with Crippen molar-refractivity contribution in [3.05, 3.63) is 53.7 Å². The first-order valence-corrected chi connectivity index (χ1v) is 10.9. The molecule has 1 aliphatic rings. The Hall–Kier alpha value is -3.06. The molecule has 2 aromatic carbocycles. The van der Waals surface area contributed by atoms with Crippen LogP contribution in [0.25, 0.3) is 11.0 Å². The standard InChI is InChI=1S/C24H29N3O4/c1-3-29-22-10-9-18(15-23(22)30-4-2)16-24(28)27-13-11-26(12-14-27)17-20-19-7-5-6-8-21(19)31-25-20/h5-10,15H,3-4,11-14,16-17H2,1-2H3. The van der Waals surface area contributed by atoms with Gasteiger partial charge in [0.25, 0.3) is 0 Å². The van der Waals surface area contributed by atoms with Gasteiger partial charge in [-0.05, 0) is 43.7 Å². The van der Waals surface area contributed by atoms with Gasteiger partial charge in [-0.1, -0.05) is 23.4 Å². The van der Waals surface area contributed by atoms with E-state index in [9.17, 15) is 4.79 Å². The average molecular weight is 424 g/mol. The Balaban J connectivity index is 1.32. The molecule has 1 fully saturated rings. The van der Waals surface area contributed by atoms with E-state index in [1.807, 2.05) is 61.2 Å². The van der Waals surface area contributed by atoms with Crippen molar-refractivity contribution in [1.29, 1.82) is 0 Å². The Morgan fingerprint density at radius 3 is 2.52 bits per heavy atom. The highest BCUT2D eigenvalue weighted by Crippen LogP contribution is 2.29. The van der Waals surface area contributed by atoms with Crippen molar-refractivity contribution in [2.75, 3.05) is 39.4 Å². The monoisotopic (exact) mass is 423 g/mol. The van der Waals surface area contributed by atoms with Crippen molar-refractivity contribution >= 4 is 16.9 Å². The number of rotatable bonds is 8. The molecule has 31 heavy (non-hydrogen) atoms. The van der Waals surface area contributed by atoms with Gasteiger partial charge in [-0.3, -0.25) is 9.69 Å². The molecule has 3 aromatic rings. The molecule has 4 rings (SSSR count). The molecule has 0 N–H and O–H groups in total. The molecule has 7 nitrogen and oxygen atoms in total. The Morgan fingerprint density at radius 2 is 1.74 bits per heavy atom. The van der Waals surface area contributed by atoms with Gasteiger partial charge < -0.3 is 18.9 Å². The van der Waals surface area contributed by atoms with E-state index in [0.717, 1.165) is 47.6 Å². The first-order chi connectivity index (χ1) is 15.2. The summed E-state index contributed by atoms with van der Waals surface area (Å²) in [5.74, 6) is 1.55. The van der Waals surface area contributed by atoms with Crippen molar-refractivity contribution in [3.8, 4) is 11.5 Å². The van der Waals surface area contributed by atoms with Gasteiger partial charge in [0, 0.05) is 38.1 Å². The fourth-order valence-corrected chi connectivity index (χ4v) is 3.91. The Kier molecular flexibility index (Phi) is 6.72. The second-order valence-corrected chi connectivity index (χ2v) is 7.61. The van der Waals surface area contributed by atoms with Gasteiger partial charge >= 0.3 is 0 Å². The summed E-state index contributed by atoms with van der Waals surface area (Å²) >= 11 is 0. The van der Waals surface area contributed by atoms with Gasteiger partial charge in [-0.25, -0.2) is 0 Å². The average Bonchev–Trinajstić information content (AvgIpc) is 3.19. The number of carbonyl (C=O) groups is 1. The van der Waals surface area contributed by atoms with Gasteiger partial charge in [0.15, 0.2) is 17.1 Å². The molecule has 0 saturated carbocycles. The minimum atomic E-state index is 0.137. The third-order valence-corrected chi connectivity index (χ3v) is 5.51. The molecule has 1 amide bonds. The van der Waals surface area contributed by atoms with Crippen LogP contribution in [0.1, 0.15) is 25.1 Å². The minimum absolute atomic E-state index is 0.137. The molecule has 1 saturated heterocycles. The van der Waals surface area contributed by atoms with E-state index in [0.29, 0.717) is 38.5 Å². The molecule has 0 spiro atoms. The van der Waals surface area contributed by atoms with Gasteiger partial charge in [0.05, 0.1) is 19.6 Å². The fourth-order valence-electron chi connectivity index (χ4n) is 3.91. The van der Waals surface area contributed by atoms with E-state index >= 15 is 0 Å². The highest BCUT2D eigenvalue weighted by Gasteiger charge is 2.23. The normalized spacial score (nSPS) is 14.7. The highest BCUT2D eigenvalue weighted by molar-refractivity contribution is 5.80. The summed E-state index contributed by atoms with van der Waals surface area (Å²) in [5, 5.41) is 5.28. The number of piperazine rings is 1. The summed E-state index contributed by atoms with van der Waals surface area (Å²) in [6.45, 7) is 8.81. The third kappa shape index (κ3) is 4.99. The predicted octanol–water partition coefficient (Wildman–Crippen LogP) is 3.51. The number of ether oxygens (including phenoxy) is 2. The van der Waals surface area contributed by atoms with Crippen LogP contribution in [0.4, 0.5) is 0 Å². The first-order valence-electron chi connectivity index (χ1n) is 10.9. The van der Waals surface area contributed by atoms with Gasteiger partial charge in [-0.15, -0.1) is 0 Å². The molecule has 164 valence electrons. The van der Waals surface area contributed by atoms with Crippen LogP contribution in [-0.2, 0) is 17.8 Å². The number of aromatic nitrogens is 1. The third-order valence-electron chi connectivity index (χ3n) is 5.51. The largest absolute Gasteiger partial charge is 0.490 e. The Labute approximate surface area is 182 Å². The molecule has 0 atom stereocenters. The maximum atomic E-state index is 12.9. The van der Waals surface area contributed by atoms with Gasteiger partial charge in [0.2, 0.25) is 5.91 Å². The van der Waals surface area contributed by atoms with E-state index in [1.165, 1.54) is 0 Å². The van der Waals surface area contributed by atoms with Crippen LogP contribution in [0.5, 0.6) is 11.5 Å². The second-order valence-electron chi connectivity index (χ2n) is 7.61. The lowest BCUT2D eigenvalue weighted by Crippen LogP contribution is -2.48. The zero-order valence-corrected chi connectivity index (χ0v) is 18.2. The summed E-state index contributed by atoms with van der Waals surface area (Å²) in [6.07, 6.45) is 0.362. The topological polar surface area (TPSA) is 68.0 Å². The summed E-state index contributed by atoms with van der Waals surface area (Å²) in [7, 11) is 0. The predicted molar refractivity (Wildman–Crippen MR) is 118 cm³/mol. The van der Waals surface area contributed by atoms with Crippen molar-refractivity contribution < 1.29 is 18.8 Å². The summed E-state index contributed by atoms with van der Waals surface area (Å²) < 4.78 is 16.7.